The number of benzene rings is 1. The predicted octanol–water partition coefficient (Wildman–Crippen LogP) is 1.69. The number of likely N-dealkylation sites (N-methyl/N-ethyl adjacent to an activating group) is 2. The smallest absolute Gasteiger partial charge is 0.0832 e. The van der Waals surface area contributed by atoms with Crippen molar-refractivity contribution < 1.29 is 4.74 Å². The van der Waals surface area contributed by atoms with Crippen molar-refractivity contribution in [3.63, 3.8) is 0 Å². The van der Waals surface area contributed by atoms with Crippen LogP contribution < -0.4 is 0 Å². The van der Waals surface area contributed by atoms with Gasteiger partial charge in [0.1, 0.15) is 0 Å². The molecular formula is C14H24N2O. The summed E-state index contributed by atoms with van der Waals surface area (Å²) < 4.78 is 5.97. The minimum atomic E-state index is 0.250. The summed E-state index contributed by atoms with van der Waals surface area (Å²) in [7, 11) is 8.31. The highest BCUT2D eigenvalue weighted by molar-refractivity contribution is 5.13. The lowest BCUT2D eigenvalue weighted by Crippen LogP contribution is -2.36. The lowest BCUT2D eigenvalue weighted by Gasteiger charge is -2.24. The highest BCUT2D eigenvalue weighted by Gasteiger charge is 2.11. The Morgan fingerprint density at radius 1 is 0.941 bits per heavy atom. The van der Waals surface area contributed by atoms with E-state index in [-0.39, 0.29) is 6.10 Å². The molecule has 0 fully saturated rings. The average molecular weight is 236 g/mol. The first-order valence-corrected chi connectivity index (χ1v) is 6.03. The fraction of sp³-hybridized carbons (Fsp3) is 0.571. The van der Waals surface area contributed by atoms with Crippen molar-refractivity contribution in [1.29, 1.82) is 0 Å². The molecule has 1 aromatic carbocycles. The largest absolute Gasteiger partial charge is 0.371 e. The van der Waals surface area contributed by atoms with E-state index in [1.807, 2.05) is 18.2 Å². The van der Waals surface area contributed by atoms with E-state index in [0.717, 1.165) is 13.1 Å². The Kier molecular flexibility index (Phi) is 6.19. The second-order valence-corrected chi connectivity index (χ2v) is 4.94. The minimum Gasteiger partial charge on any atom is -0.371 e. The van der Waals surface area contributed by atoms with Gasteiger partial charge in [-0.25, -0.2) is 0 Å². The SMILES string of the molecule is CN(C)CC(CN(C)C)OCc1ccccc1. The van der Waals surface area contributed by atoms with Crippen LogP contribution in [-0.2, 0) is 11.3 Å². The van der Waals surface area contributed by atoms with Crippen LogP contribution in [0.4, 0.5) is 0 Å². The Morgan fingerprint density at radius 3 is 1.94 bits per heavy atom. The molecule has 0 aliphatic heterocycles. The molecule has 0 saturated carbocycles. The molecule has 1 rings (SSSR count). The molecule has 0 heterocycles. The molecule has 0 N–H and O–H groups in total. The molecule has 96 valence electrons. The molecule has 3 heteroatoms. The molecule has 1 aromatic rings. The fourth-order valence-electron chi connectivity index (χ4n) is 1.77. The molecule has 0 radical (unpaired) electrons. The Morgan fingerprint density at radius 2 is 1.47 bits per heavy atom. The molecule has 17 heavy (non-hydrogen) atoms. The summed E-state index contributed by atoms with van der Waals surface area (Å²) in [5, 5.41) is 0. The van der Waals surface area contributed by atoms with Gasteiger partial charge in [-0.15, -0.1) is 0 Å². The Hall–Kier alpha value is -0.900. The van der Waals surface area contributed by atoms with Gasteiger partial charge in [0.05, 0.1) is 12.7 Å². The van der Waals surface area contributed by atoms with Crippen LogP contribution in [-0.4, -0.2) is 57.2 Å². The molecule has 0 aromatic heterocycles. The Balaban J connectivity index is 2.43. The summed E-state index contributed by atoms with van der Waals surface area (Å²) in [6.45, 7) is 2.59. The number of nitrogens with zero attached hydrogens (tertiary/aromatic N) is 2. The Labute approximate surface area is 105 Å². The maximum atomic E-state index is 5.97. The van der Waals surface area contributed by atoms with Gasteiger partial charge in [-0.3, -0.25) is 0 Å². The van der Waals surface area contributed by atoms with E-state index in [4.69, 9.17) is 4.74 Å². The summed E-state index contributed by atoms with van der Waals surface area (Å²) >= 11 is 0. The molecular weight excluding hydrogens is 212 g/mol. The van der Waals surface area contributed by atoms with Crippen LogP contribution in [0.2, 0.25) is 0 Å². The number of ether oxygens (including phenoxy) is 1. The van der Waals surface area contributed by atoms with Crippen LogP contribution in [0, 0.1) is 0 Å². The van der Waals surface area contributed by atoms with Crippen molar-refractivity contribution in [2.75, 3.05) is 41.3 Å². The predicted molar refractivity (Wildman–Crippen MR) is 72.1 cm³/mol. The van der Waals surface area contributed by atoms with Gasteiger partial charge in [0.15, 0.2) is 0 Å². The van der Waals surface area contributed by atoms with Crippen molar-refractivity contribution in [1.82, 2.24) is 9.80 Å². The fourth-order valence-corrected chi connectivity index (χ4v) is 1.77. The Bertz CT molecular complexity index is 288. The second-order valence-electron chi connectivity index (χ2n) is 4.94. The van der Waals surface area contributed by atoms with E-state index in [1.165, 1.54) is 5.56 Å². The van der Waals surface area contributed by atoms with E-state index in [2.05, 4.69) is 50.1 Å². The summed E-state index contributed by atoms with van der Waals surface area (Å²) in [6, 6.07) is 10.3. The van der Waals surface area contributed by atoms with Gasteiger partial charge in [-0.1, -0.05) is 30.3 Å². The van der Waals surface area contributed by atoms with E-state index < -0.39 is 0 Å². The van der Waals surface area contributed by atoms with Crippen molar-refractivity contribution in [3.8, 4) is 0 Å². The molecule has 0 bridgehead atoms. The van der Waals surface area contributed by atoms with Gasteiger partial charge in [-0.2, -0.15) is 0 Å². The van der Waals surface area contributed by atoms with E-state index in [1.54, 1.807) is 0 Å². The van der Waals surface area contributed by atoms with Crippen molar-refractivity contribution >= 4 is 0 Å². The minimum absolute atomic E-state index is 0.250. The van der Waals surface area contributed by atoms with E-state index >= 15 is 0 Å². The van der Waals surface area contributed by atoms with Crippen molar-refractivity contribution in [3.05, 3.63) is 35.9 Å². The van der Waals surface area contributed by atoms with Crippen LogP contribution in [0.1, 0.15) is 5.56 Å². The van der Waals surface area contributed by atoms with Crippen LogP contribution in [0.3, 0.4) is 0 Å². The van der Waals surface area contributed by atoms with Crippen LogP contribution in [0.15, 0.2) is 30.3 Å². The normalized spacial score (nSPS) is 11.7. The third kappa shape index (κ3) is 6.41. The van der Waals surface area contributed by atoms with Crippen LogP contribution in [0.25, 0.3) is 0 Å². The molecule has 0 spiro atoms. The monoisotopic (exact) mass is 236 g/mol. The van der Waals surface area contributed by atoms with Crippen molar-refractivity contribution in [2.24, 2.45) is 0 Å². The van der Waals surface area contributed by atoms with E-state index in [9.17, 15) is 0 Å². The molecule has 0 aliphatic carbocycles. The third-order valence-electron chi connectivity index (χ3n) is 2.47. The van der Waals surface area contributed by atoms with Gasteiger partial charge >= 0.3 is 0 Å². The third-order valence-corrected chi connectivity index (χ3v) is 2.47. The summed E-state index contributed by atoms with van der Waals surface area (Å²) in [4.78, 5) is 4.33. The lowest BCUT2D eigenvalue weighted by atomic mass is 10.2. The number of rotatable bonds is 7. The standard InChI is InChI=1S/C14H24N2O/c1-15(2)10-14(11-16(3)4)17-12-13-8-6-5-7-9-13/h5-9,14H,10-12H2,1-4H3. The zero-order valence-electron chi connectivity index (χ0n) is 11.4. The van der Waals surface area contributed by atoms with Gasteiger partial charge in [-0.05, 0) is 33.8 Å². The highest BCUT2D eigenvalue weighted by atomic mass is 16.5. The quantitative estimate of drug-likeness (QED) is 0.716. The van der Waals surface area contributed by atoms with Gasteiger partial charge in [0.2, 0.25) is 0 Å². The molecule has 3 nitrogen and oxygen atoms in total. The summed E-state index contributed by atoms with van der Waals surface area (Å²) in [5.41, 5.74) is 1.23. The zero-order valence-corrected chi connectivity index (χ0v) is 11.4. The highest BCUT2D eigenvalue weighted by Crippen LogP contribution is 2.05. The van der Waals surface area contributed by atoms with Crippen LogP contribution >= 0.6 is 0 Å². The van der Waals surface area contributed by atoms with Gasteiger partial charge in [0.25, 0.3) is 0 Å². The molecule has 0 aliphatic rings. The maximum absolute atomic E-state index is 5.97. The number of hydrogen-bond donors (Lipinski definition) is 0. The summed E-state index contributed by atoms with van der Waals surface area (Å²) in [5.74, 6) is 0. The molecule has 0 saturated heterocycles. The average Bonchev–Trinajstić information content (AvgIpc) is 2.26. The van der Waals surface area contributed by atoms with E-state index in [0.29, 0.717) is 6.61 Å². The maximum Gasteiger partial charge on any atom is 0.0832 e. The first kappa shape index (κ1) is 14.2. The summed E-state index contributed by atoms with van der Waals surface area (Å²) in [6.07, 6.45) is 0.250. The molecule has 0 atom stereocenters. The molecule has 0 unspecified atom stereocenters. The first-order valence-electron chi connectivity index (χ1n) is 6.03. The zero-order chi connectivity index (χ0) is 12.7. The number of hydrogen-bond acceptors (Lipinski definition) is 3. The lowest BCUT2D eigenvalue weighted by molar-refractivity contribution is 0.00953. The molecule has 0 amide bonds. The van der Waals surface area contributed by atoms with Gasteiger partial charge in [0, 0.05) is 13.1 Å². The first-order chi connectivity index (χ1) is 8.08. The topological polar surface area (TPSA) is 15.7 Å². The van der Waals surface area contributed by atoms with Gasteiger partial charge < -0.3 is 14.5 Å². The van der Waals surface area contributed by atoms with Crippen LogP contribution in [0.5, 0.6) is 0 Å². The second kappa shape index (κ2) is 7.43. The van der Waals surface area contributed by atoms with Crippen molar-refractivity contribution in [2.45, 2.75) is 12.7 Å².